The van der Waals surface area contributed by atoms with Crippen LogP contribution in [0, 0.1) is 15.9 Å². The van der Waals surface area contributed by atoms with Crippen LogP contribution in [0.1, 0.15) is 36.0 Å². The number of ether oxygens (including phenoxy) is 1. The Morgan fingerprint density at radius 1 is 1.16 bits per heavy atom. The predicted octanol–water partition coefficient (Wildman–Crippen LogP) is 4.31. The molecule has 1 N–H and O–H groups in total. The van der Waals surface area contributed by atoms with Crippen molar-refractivity contribution >= 4 is 17.3 Å². The molecular formula is C18H17FN2O4. The van der Waals surface area contributed by atoms with Gasteiger partial charge in [-0.2, -0.15) is 4.39 Å². The molecule has 25 heavy (non-hydrogen) atoms. The fourth-order valence-electron chi connectivity index (χ4n) is 2.82. The number of nitro benzene ring substituents is 1. The van der Waals surface area contributed by atoms with Crippen LogP contribution in [0.25, 0.3) is 0 Å². The van der Waals surface area contributed by atoms with Gasteiger partial charge in [-0.25, -0.2) is 0 Å². The van der Waals surface area contributed by atoms with Gasteiger partial charge < -0.3 is 10.1 Å². The van der Waals surface area contributed by atoms with Gasteiger partial charge in [0.1, 0.15) is 5.75 Å². The molecule has 7 heteroatoms. The molecule has 0 bridgehead atoms. The molecule has 1 aliphatic rings. The first-order chi connectivity index (χ1) is 12.0. The SMILES string of the molecule is O=C(Nc1ccc(F)c([N+](=O)[O-])c1)c1ccc(OC2CCCC2)cc1. The van der Waals surface area contributed by atoms with Crippen molar-refractivity contribution in [3.8, 4) is 5.75 Å². The molecule has 0 atom stereocenters. The van der Waals surface area contributed by atoms with Gasteiger partial charge in [0, 0.05) is 17.3 Å². The minimum atomic E-state index is -0.948. The molecule has 1 saturated carbocycles. The highest BCUT2D eigenvalue weighted by Crippen LogP contribution is 2.25. The van der Waals surface area contributed by atoms with Crippen LogP contribution in [-0.4, -0.2) is 16.9 Å². The predicted molar refractivity (Wildman–Crippen MR) is 90.3 cm³/mol. The number of amides is 1. The second-order valence-corrected chi connectivity index (χ2v) is 5.93. The van der Waals surface area contributed by atoms with Gasteiger partial charge in [-0.1, -0.05) is 0 Å². The van der Waals surface area contributed by atoms with Crippen molar-refractivity contribution in [2.75, 3.05) is 5.32 Å². The molecule has 2 aromatic carbocycles. The van der Waals surface area contributed by atoms with Gasteiger partial charge in [0.15, 0.2) is 0 Å². The summed E-state index contributed by atoms with van der Waals surface area (Å²) in [5, 5.41) is 13.3. The van der Waals surface area contributed by atoms with E-state index in [1.807, 2.05) is 0 Å². The van der Waals surface area contributed by atoms with Crippen LogP contribution in [0.15, 0.2) is 42.5 Å². The van der Waals surface area contributed by atoms with Crippen LogP contribution in [0.2, 0.25) is 0 Å². The Labute approximate surface area is 143 Å². The summed E-state index contributed by atoms with van der Waals surface area (Å²) in [6.45, 7) is 0. The Hall–Kier alpha value is -2.96. The average molecular weight is 344 g/mol. The Morgan fingerprint density at radius 2 is 1.84 bits per heavy atom. The molecule has 0 saturated heterocycles. The Balaban J connectivity index is 1.66. The molecule has 2 aromatic rings. The summed E-state index contributed by atoms with van der Waals surface area (Å²) in [5.74, 6) is -0.675. The summed E-state index contributed by atoms with van der Waals surface area (Å²) in [5.41, 5.74) is -0.145. The second-order valence-electron chi connectivity index (χ2n) is 5.93. The number of halogens is 1. The number of nitrogens with zero attached hydrogens (tertiary/aromatic N) is 1. The third-order valence-electron chi connectivity index (χ3n) is 4.12. The minimum Gasteiger partial charge on any atom is -0.490 e. The van der Waals surface area contributed by atoms with Crippen molar-refractivity contribution in [3.63, 3.8) is 0 Å². The van der Waals surface area contributed by atoms with E-state index in [9.17, 15) is 19.3 Å². The lowest BCUT2D eigenvalue weighted by molar-refractivity contribution is -0.387. The number of benzene rings is 2. The number of hydrogen-bond donors (Lipinski definition) is 1. The van der Waals surface area contributed by atoms with Crippen LogP contribution in [0.3, 0.4) is 0 Å². The molecule has 130 valence electrons. The molecular weight excluding hydrogens is 327 g/mol. The summed E-state index contributed by atoms with van der Waals surface area (Å²) < 4.78 is 19.2. The van der Waals surface area contributed by atoms with Crippen LogP contribution in [0.5, 0.6) is 5.75 Å². The maximum atomic E-state index is 13.3. The van der Waals surface area contributed by atoms with Crippen molar-refractivity contribution in [1.29, 1.82) is 0 Å². The van der Waals surface area contributed by atoms with E-state index < -0.39 is 22.3 Å². The van der Waals surface area contributed by atoms with Gasteiger partial charge in [0.05, 0.1) is 11.0 Å². The summed E-state index contributed by atoms with van der Waals surface area (Å²) in [6.07, 6.45) is 4.68. The smallest absolute Gasteiger partial charge is 0.306 e. The molecule has 3 rings (SSSR count). The average Bonchev–Trinajstić information content (AvgIpc) is 3.10. The van der Waals surface area contributed by atoms with Crippen molar-refractivity contribution < 1.29 is 18.8 Å². The zero-order valence-electron chi connectivity index (χ0n) is 13.4. The number of nitro groups is 1. The molecule has 1 amide bonds. The first kappa shape index (κ1) is 16.9. The molecule has 0 spiro atoms. The minimum absolute atomic E-state index is 0.157. The molecule has 0 unspecified atom stereocenters. The number of anilines is 1. The topological polar surface area (TPSA) is 81.5 Å². The largest absolute Gasteiger partial charge is 0.490 e. The van der Waals surface area contributed by atoms with Crippen molar-refractivity contribution in [3.05, 3.63) is 64.0 Å². The lowest BCUT2D eigenvalue weighted by atomic mass is 10.2. The van der Waals surface area contributed by atoms with Crippen molar-refractivity contribution in [2.45, 2.75) is 31.8 Å². The zero-order chi connectivity index (χ0) is 17.8. The fourth-order valence-corrected chi connectivity index (χ4v) is 2.82. The Bertz CT molecular complexity index is 786. The number of nitrogens with one attached hydrogen (secondary N) is 1. The van der Waals surface area contributed by atoms with Crippen LogP contribution in [-0.2, 0) is 0 Å². The maximum Gasteiger partial charge on any atom is 0.306 e. The van der Waals surface area contributed by atoms with Gasteiger partial charge >= 0.3 is 5.69 Å². The summed E-state index contributed by atoms with van der Waals surface area (Å²) in [6, 6.07) is 9.91. The van der Waals surface area contributed by atoms with E-state index in [0.29, 0.717) is 11.3 Å². The van der Waals surface area contributed by atoms with E-state index >= 15 is 0 Å². The molecule has 0 heterocycles. The third kappa shape index (κ3) is 4.12. The number of rotatable bonds is 5. The fraction of sp³-hybridized carbons (Fsp3) is 0.278. The highest BCUT2D eigenvalue weighted by molar-refractivity contribution is 6.04. The molecule has 1 aliphatic carbocycles. The lowest BCUT2D eigenvalue weighted by Crippen LogP contribution is -2.13. The lowest BCUT2D eigenvalue weighted by Gasteiger charge is -2.13. The molecule has 6 nitrogen and oxygen atoms in total. The monoisotopic (exact) mass is 344 g/mol. The molecule has 0 aromatic heterocycles. The van der Waals surface area contributed by atoms with Crippen LogP contribution >= 0.6 is 0 Å². The van der Waals surface area contributed by atoms with E-state index in [2.05, 4.69) is 5.32 Å². The van der Waals surface area contributed by atoms with Gasteiger partial charge in [-0.3, -0.25) is 14.9 Å². The zero-order valence-corrected chi connectivity index (χ0v) is 13.4. The van der Waals surface area contributed by atoms with Crippen molar-refractivity contribution in [2.24, 2.45) is 0 Å². The standard InChI is InChI=1S/C18H17FN2O4/c19-16-10-7-13(11-17(16)21(23)24)20-18(22)12-5-8-15(9-6-12)25-14-3-1-2-4-14/h5-11,14H,1-4H2,(H,20,22). The van der Waals surface area contributed by atoms with E-state index in [1.54, 1.807) is 24.3 Å². The second kappa shape index (κ2) is 7.29. The number of carbonyl (C=O) groups is 1. The third-order valence-corrected chi connectivity index (χ3v) is 4.12. The Kier molecular flexibility index (Phi) is 4.92. The number of hydrogen-bond acceptors (Lipinski definition) is 4. The van der Waals surface area contributed by atoms with E-state index in [-0.39, 0.29) is 11.8 Å². The van der Waals surface area contributed by atoms with E-state index in [1.165, 1.54) is 18.9 Å². The molecule has 1 fully saturated rings. The summed E-state index contributed by atoms with van der Waals surface area (Å²) in [7, 11) is 0. The molecule has 0 radical (unpaired) electrons. The highest BCUT2D eigenvalue weighted by atomic mass is 19.1. The highest BCUT2D eigenvalue weighted by Gasteiger charge is 2.17. The van der Waals surface area contributed by atoms with Gasteiger partial charge in [-0.05, 0) is 62.1 Å². The Morgan fingerprint density at radius 3 is 2.48 bits per heavy atom. The van der Waals surface area contributed by atoms with E-state index in [4.69, 9.17) is 4.74 Å². The maximum absolute atomic E-state index is 13.3. The summed E-state index contributed by atoms with van der Waals surface area (Å²) >= 11 is 0. The van der Waals surface area contributed by atoms with E-state index in [0.717, 1.165) is 25.0 Å². The van der Waals surface area contributed by atoms with Crippen LogP contribution < -0.4 is 10.1 Å². The quantitative estimate of drug-likeness (QED) is 0.647. The molecule has 0 aliphatic heterocycles. The van der Waals surface area contributed by atoms with Crippen LogP contribution in [0.4, 0.5) is 15.8 Å². The van der Waals surface area contributed by atoms with Gasteiger partial charge in [0.2, 0.25) is 5.82 Å². The first-order valence-corrected chi connectivity index (χ1v) is 8.05. The van der Waals surface area contributed by atoms with Gasteiger partial charge in [0.25, 0.3) is 5.91 Å². The summed E-state index contributed by atoms with van der Waals surface area (Å²) in [4.78, 5) is 22.1. The number of carbonyl (C=O) groups excluding carboxylic acids is 1. The van der Waals surface area contributed by atoms with Gasteiger partial charge in [-0.15, -0.1) is 0 Å². The first-order valence-electron chi connectivity index (χ1n) is 8.05. The normalized spacial score (nSPS) is 14.3. The van der Waals surface area contributed by atoms with Crippen molar-refractivity contribution in [1.82, 2.24) is 0 Å².